The van der Waals surface area contributed by atoms with Crippen LogP contribution in [0.5, 0.6) is 0 Å². The van der Waals surface area contributed by atoms with Crippen molar-refractivity contribution in [3.05, 3.63) is 34.9 Å². The largest absolute Gasteiger partial charge is 0.352 e. The number of likely N-dealkylation sites (tertiary alicyclic amines) is 1. The molecule has 0 spiro atoms. The molecule has 0 atom stereocenters. The number of amides is 2. The number of nitrogens with one attached hydrogen (secondary N) is 1. The van der Waals surface area contributed by atoms with Crippen LogP contribution in [0.3, 0.4) is 0 Å². The minimum atomic E-state index is 0.0161. The van der Waals surface area contributed by atoms with Crippen LogP contribution in [0.15, 0.2) is 24.3 Å². The van der Waals surface area contributed by atoms with E-state index in [1.54, 1.807) is 0 Å². The van der Waals surface area contributed by atoms with Gasteiger partial charge in [-0.25, -0.2) is 0 Å². The third-order valence-corrected chi connectivity index (χ3v) is 4.69. The number of rotatable bonds is 4. The van der Waals surface area contributed by atoms with Crippen LogP contribution in [0, 0.1) is 11.8 Å². The molecule has 0 radical (unpaired) electrons. The van der Waals surface area contributed by atoms with Crippen LogP contribution < -0.4 is 5.32 Å². The Morgan fingerprint density at radius 1 is 1.14 bits per heavy atom. The summed E-state index contributed by atoms with van der Waals surface area (Å²) in [7, 11) is 0. The Labute approximate surface area is 135 Å². The molecule has 1 aliphatic carbocycles. The van der Waals surface area contributed by atoms with Crippen molar-refractivity contribution in [2.24, 2.45) is 11.8 Å². The lowest BCUT2D eigenvalue weighted by Gasteiger charge is -2.31. The molecule has 0 unspecified atom stereocenters. The summed E-state index contributed by atoms with van der Waals surface area (Å²) in [5.74, 6) is 0.659. The first-order valence-corrected chi connectivity index (χ1v) is 8.32. The van der Waals surface area contributed by atoms with E-state index in [0.717, 1.165) is 31.2 Å². The summed E-state index contributed by atoms with van der Waals surface area (Å²) in [5.41, 5.74) is 1.00. The van der Waals surface area contributed by atoms with E-state index in [0.29, 0.717) is 24.7 Å². The number of benzene rings is 1. The number of nitrogens with zero attached hydrogens (tertiary/aromatic N) is 1. The van der Waals surface area contributed by atoms with E-state index in [-0.39, 0.29) is 23.7 Å². The van der Waals surface area contributed by atoms with Gasteiger partial charge >= 0.3 is 0 Å². The second-order valence-corrected chi connectivity index (χ2v) is 6.66. The molecule has 0 bridgehead atoms. The van der Waals surface area contributed by atoms with Crippen LogP contribution >= 0.6 is 11.6 Å². The molecule has 2 fully saturated rings. The van der Waals surface area contributed by atoms with Gasteiger partial charge in [-0.2, -0.15) is 0 Å². The number of hydrogen-bond acceptors (Lipinski definition) is 2. The quantitative estimate of drug-likeness (QED) is 0.927. The van der Waals surface area contributed by atoms with Gasteiger partial charge in [0.1, 0.15) is 0 Å². The van der Waals surface area contributed by atoms with Crippen LogP contribution in [-0.4, -0.2) is 29.8 Å². The van der Waals surface area contributed by atoms with E-state index in [1.165, 1.54) is 0 Å². The third-order valence-electron chi connectivity index (χ3n) is 4.46. The van der Waals surface area contributed by atoms with Crippen molar-refractivity contribution in [3.8, 4) is 0 Å². The fourth-order valence-electron chi connectivity index (χ4n) is 2.93. The van der Waals surface area contributed by atoms with Gasteiger partial charge in [-0.15, -0.1) is 0 Å². The molecule has 1 heterocycles. The fraction of sp³-hybridized carbons (Fsp3) is 0.529. The van der Waals surface area contributed by atoms with Crippen molar-refractivity contribution in [3.63, 3.8) is 0 Å². The Kier molecular flexibility index (Phi) is 4.67. The number of carbonyl (C=O) groups excluding carboxylic acids is 2. The van der Waals surface area contributed by atoms with Crippen molar-refractivity contribution in [1.82, 2.24) is 10.2 Å². The molecular formula is C17H21ClN2O2. The summed E-state index contributed by atoms with van der Waals surface area (Å²) in [6, 6.07) is 7.51. The molecule has 0 aromatic heterocycles. The predicted molar refractivity (Wildman–Crippen MR) is 85.3 cm³/mol. The van der Waals surface area contributed by atoms with Crippen LogP contribution in [0.25, 0.3) is 0 Å². The van der Waals surface area contributed by atoms with Gasteiger partial charge in [-0.1, -0.05) is 23.7 Å². The van der Waals surface area contributed by atoms with Gasteiger partial charge < -0.3 is 10.2 Å². The normalized spacial score (nSPS) is 19.0. The Bertz CT molecular complexity index is 564. The van der Waals surface area contributed by atoms with Gasteiger partial charge in [-0.05, 0) is 43.4 Å². The van der Waals surface area contributed by atoms with E-state index < -0.39 is 0 Å². The zero-order valence-corrected chi connectivity index (χ0v) is 13.3. The smallest absolute Gasteiger partial charge is 0.225 e. The third kappa shape index (κ3) is 3.80. The molecule has 3 rings (SSSR count). The lowest BCUT2D eigenvalue weighted by molar-refractivity contribution is -0.136. The average molecular weight is 321 g/mol. The first-order chi connectivity index (χ1) is 10.6. The monoisotopic (exact) mass is 320 g/mol. The van der Waals surface area contributed by atoms with Gasteiger partial charge in [0, 0.05) is 36.5 Å². The molecule has 1 saturated carbocycles. The summed E-state index contributed by atoms with van der Waals surface area (Å²) >= 11 is 5.93. The number of halogens is 1. The highest BCUT2D eigenvalue weighted by atomic mass is 35.5. The molecule has 1 aromatic rings. The molecular weight excluding hydrogens is 300 g/mol. The van der Waals surface area contributed by atoms with Gasteiger partial charge in [0.25, 0.3) is 0 Å². The molecule has 1 N–H and O–H groups in total. The zero-order valence-electron chi connectivity index (χ0n) is 12.6. The Hall–Kier alpha value is -1.55. The van der Waals surface area contributed by atoms with Gasteiger partial charge in [0.15, 0.2) is 0 Å². The van der Waals surface area contributed by atoms with Crippen LogP contribution in [0.1, 0.15) is 31.2 Å². The highest BCUT2D eigenvalue weighted by molar-refractivity contribution is 6.30. The predicted octanol–water partition coefficient (Wildman–Crippen LogP) is 2.60. The van der Waals surface area contributed by atoms with Crippen molar-refractivity contribution >= 4 is 23.4 Å². The maximum Gasteiger partial charge on any atom is 0.225 e. The summed E-state index contributed by atoms with van der Waals surface area (Å²) < 4.78 is 0. The Morgan fingerprint density at radius 2 is 1.86 bits per heavy atom. The van der Waals surface area contributed by atoms with E-state index in [2.05, 4.69) is 5.32 Å². The molecule has 22 heavy (non-hydrogen) atoms. The minimum absolute atomic E-state index is 0.0161. The summed E-state index contributed by atoms with van der Waals surface area (Å²) in [5, 5.41) is 3.65. The van der Waals surface area contributed by atoms with E-state index in [4.69, 9.17) is 11.6 Å². The van der Waals surface area contributed by atoms with E-state index >= 15 is 0 Å². The fourth-order valence-corrected chi connectivity index (χ4v) is 3.14. The molecule has 1 aromatic carbocycles. The van der Waals surface area contributed by atoms with Crippen molar-refractivity contribution in [2.75, 3.05) is 13.1 Å². The molecule has 2 amide bonds. The first-order valence-electron chi connectivity index (χ1n) is 7.94. The van der Waals surface area contributed by atoms with E-state index in [9.17, 15) is 9.59 Å². The summed E-state index contributed by atoms with van der Waals surface area (Å²) in [4.78, 5) is 26.2. The zero-order chi connectivity index (χ0) is 15.5. The topological polar surface area (TPSA) is 49.4 Å². The molecule has 2 aliphatic rings. The SMILES string of the molecule is O=C(NCc1cccc(Cl)c1)C1CCN(C(=O)C2CC2)CC1. The van der Waals surface area contributed by atoms with Crippen molar-refractivity contribution < 1.29 is 9.59 Å². The Morgan fingerprint density at radius 3 is 2.50 bits per heavy atom. The van der Waals surface area contributed by atoms with Gasteiger partial charge in [0.05, 0.1) is 0 Å². The van der Waals surface area contributed by atoms with Crippen molar-refractivity contribution in [2.45, 2.75) is 32.2 Å². The lowest BCUT2D eigenvalue weighted by atomic mass is 9.95. The standard InChI is InChI=1S/C17H21ClN2O2/c18-15-3-1-2-12(10-15)11-19-16(21)13-6-8-20(9-7-13)17(22)14-4-5-14/h1-3,10,13-14H,4-9,11H2,(H,19,21). The second kappa shape index (κ2) is 6.69. The van der Waals surface area contributed by atoms with Crippen LogP contribution in [-0.2, 0) is 16.1 Å². The first kappa shape index (κ1) is 15.3. The maximum atomic E-state index is 12.2. The molecule has 5 heteroatoms. The molecule has 118 valence electrons. The minimum Gasteiger partial charge on any atom is -0.352 e. The number of piperidine rings is 1. The number of carbonyl (C=O) groups is 2. The molecule has 1 saturated heterocycles. The maximum absolute atomic E-state index is 12.2. The van der Waals surface area contributed by atoms with Crippen LogP contribution in [0.2, 0.25) is 5.02 Å². The Balaban J connectivity index is 1.44. The van der Waals surface area contributed by atoms with E-state index in [1.807, 2.05) is 29.2 Å². The van der Waals surface area contributed by atoms with Crippen molar-refractivity contribution in [1.29, 1.82) is 0 Å². The molecule has 4 nitrogen and oxygen atoms in total. The summed E-state index contributed by atoms with van der Waals surface area (Å²) in [6.45, 7) is 1.93. The van der Waals surface area contributed by atoms with Crippen LogP contribution in [0.4, 0.5) is 0 Å². The van der Waals surface area contributed by atoms with Gasteiger partial charge in [0.2, 0.25) is 11.8 Å². The second-order valence-electron chi connectivity index (χ2n) is 6.22. The summed E-state index contributed by atoms with van der Waals surface area (Å²) in [6.07, 6.45) is 3.61. The highest BCUT2D eigenvalue weighted by Crippen LogP contribution is 2.32. The average Bonchev–Trinajstić information content (AvgIpc) is 3.37. The number of hydrogen-bond donors (Lipinski definition) is 1. The lowest BCUT2D eigenvalue weighted by Crippen LogP contribution is -2.43. The van der Waals surface area contributed by atoms with Gasteiger partial charge in [-0.3, -0.25) is 9.59 Å². The highest BCUT2D eigenvalue weighted by Gasteiger charge is 2.35. The molecule has 1 aliphatic heterocycles.